The molecule has 1 amide bonds. The fourth-order valence-corrected chi connectivity index (χ4v) is 5.59. The molecule has 0 unspecified atom stereocenters. The lowest BCUT2D eigenvalue weighted by atomic mass is 10.0. The van der Waals surface area contributed by atoms with E-state index in [1.807, 2.05) is 17.2 Å². The van der Waals surface area contributed by atoms with Crippen LogP contribution in [-0.2, 0) is 24.3 Å². The molecule has 2 aromatic heterocycles. The third-order valence-electron chi connectivity index (χ3n) is 7.47. The van der Waals surface area contributed by atoms with E-state index in [9.17, 15) is 9.59 Å². The quantitative estimate of drug-likeness (QED) is 0.754. The van der Waals surface area contributed by atoms with Gasteiger partial charge < -0.3 is 9.88 Å². The number of carbonyl (C=O) groups excluding carboxylic acids is 1. The largest absolute Gasteiger partial charge is 0.342 e. The van der Waals surface area contributed by atoms with Gasteiger partial charge in [-0.05, 0) is 36.8 Å². The van der Waals surface area contributed by atoms with E-state index in [0.29, 0.717) is 25.9 Å². The predicted molar refractivity (Wildman–Crippen MR) is 122 cm³/mol. The lowest BCUT2D eigenvalue weighted by Gasteiger charge is -2.28. The van der Waals surface area contributed by atoms with Gasteiger partial charge in [0.05, 0.1) is 5.69 Å². The van der Waals surface area contributed by atoms with Gasteiger partial charge in [-0.2, -0.15) is 0 Å². The number of hydrogen-bond acceptors (Lipinski definition) is 5. The molecule has 1 atom stereocenters. The Labute approximate surface area is 189 Å². The van der Waals surface area contributed by atoms with E-state index in [2.05, 4.69) is 20.9 Å². The molecule has 1 saturated heterocycles. The monoisotopic (exact) mass is 435 g/mol. The first-order valence-electron chi connectivity index (χ1n) is 12.2. The highest BCUT2D eigenvalue weighted by Gasteiger charge is 2.31. The van der Waals surface area contributed by atoms with Crippen molar-refractivity contribution in [2.24, 2.45) is 5.92 Å². The van der Waals surface area contributed by atoms with Crippen molar-refractivity contribution in [3.05, 3.63) is 57.5 Å². The Kier molecular flexibility index (Phi) is 6.35. The molecule has 7 nitrogen and oxygen atoms in total. The molecule has 4 heterocycles. The zero-order valence-electron chi connectivity index (χ0n) is 18.8. The van der Waals surface area contributed by atoms with Crippen molar-refractivity contribution in [1.29, 1.82) is 0 Å². The van der Waals surface area contributed by atoms with Crippen LogP contribution in [0.25, 0.3) is 0 Å². The predicted octanol–water partition coefficient (Wildman–Crippen LogP) is 3.01. The Bertz CT molecular complexity index is 999. The summed E-state index contributed by atoms with van der Waals surface area (Å²) < 4.78 is 0. The molecular formula is C25H33N5O2. The molecule has 0 radical (unpaired) electrons. The average Bonchev–Trinajstić information content (AvgIpc) is 3.50. The molecule has 1 saturated carbocycles. The molecule has 2 aromatic rings. The summed E-state index contributed by atoms with van der Waals surface area (Å²) in [5.41, 5.74) is 2.88. The molecule has 170 valence electrons. The maximum absolute atomic E-state index is 12.8. The first-order chi connectivity index (χ1) is 15.7. The van der Waals surface area contributed by atoms with E-state index < -0.39 is 0 Å². The van der Waals surface area contributed by atoms with E-state index in [-0.39, 0.29) is 17.4 Å². The number of pyridine rings is 1. The van der Waals surface area contributed by atoms with Gasteiger partial charge in [0.2, 0.25) is 5.91 Å². The first-order valence-corrected chi connectivity index (χ1v) is 12.2. The van der Waals surface area contributed by atoms with E-state index in [0.717, 1.165) is 55.5 Å². The smallest absolute Gasteiger partial charge is 0.254 e. The van der Waals surface area contributed by atoms with Crippen molar-refractivity contribution in [1.82, 2.24) is 24.8 Å². The van der Waals surface area contributed by atoms with Crippen molar-refractivity contribution >= 4 is 5.91 Å². The fraction of sp³-hybridized carbons (Fsp3) is 0.600. The van der Waals surface area contributed by atoms with Crippen LogP contribution in [-0.4, -0.2) is 50.3 Å². The zero-order valence-corrected chi connectivity index (χ0v) is 18.8. The van der Waals surface area contributed by atoms with E-state index in [4.69, 9.17) is 4.98 Å². The number of rotatable bonds is 6. The Balaban J connectivity index is 1.22. The summed E-state index contributed by atoms with van der Waals surface area (Å²) in [6.45, 7) is 3.77. The normalized spacial score (nSPS) is 21.8. The number of aromatic amines is 1. The Morgan fingerprint density at radius 3 is 2.88 bits per heavy atom. The summed E-state index contributed by atoms with van der Waals surface area (Å²) in [5, 5.41) is 0. The standard InChI is InChI=1S/C25H33N5O2/c31-23(8-7-18-4-1-2-5-18)30-13-9-20(16-30)24-27-22-17-29(12-10-21(22)25(32)28-24)15-19-6-3-11-26-14-19/h3,6,11,14,18,20H,1-2,4-5,7-10,12-13,15-17H2,(H,27,28,32)/t20-/m0/s1. The van der Waals surface area contributed by atoms with Gasteiger partial charge >= 0.3 is 0 Å². The average molecular weight is 436 g/mol. The number of likely N-dealkylation sites (tertiary alicyclic amines) is 1. The first kappa shape index (κ1) is 21.3. The highest BCUT2D eigenvalue weighted by molar-refractivity contribution is 5.76. The SMILES string of the molecule is O=C(CCC1CCCC1)N1CC[C@H](c2nc3c(c(=O)[nH]2)CCN(Cc2cccnc2)C3)C1. The Morgan fingerprint density at radius 2 is 2.06 bits per heavy atom. The number of aromatic nitrogens is 3. The number of fused-ring (bicyclic) bond motifs is 1. The molecule has 32 heavy (non-hydrogen) atoms. The summed E-state index contributed by atoms with van der Waals surface area (Å²) in [7, 11) is 0. The van der Waals surface area contributed by atoms with Crippen LogP contribution < -0.4 is 5.56 Å². The maximum atomic E-state index is 12.8. The van der Waals surface area contributed by atoms with Crippen LogP contribution in [0.1, 0.15) is 73.5 Å². The second-order valence-electron chi connectivity index (χ2n) is 9.71. The minimum atomic E-state index is -0.00274. The lowest BCUT2D eigenvalue weighted by Crippen LogP contribution is -2.36. The van der Waals surface area contributed by atoms with Gasteiger partial charge in [0.15, 0.2) is 0 Å². The van der Waals surface area contributed by atoms with Gasteiger partial charge in [-0.25, -0.2) is 4.98 Å². The van der Waals surface area contributed by atoms with Crippen LogP contribution in [0.4, 0.5) is 0 Å². The van der Waals surface area contributed by atoms with Crippen molar-refractivity contribution in [2.75, 3.05) is 19.6 Å². The molecule has 2 aliphatic heterocycles. The Morgan fingerprint density at radius 1 is 1.19 bits per heavy atom. The van der Waals surface area contributed by atoms with Gasteiger partial charge in [-0.3, -0.25) is 19.5 Å². The van der Waals surface area contributed by atoms with Crippen LogP contribution in [0.2, 0.25) is 0 Å². The highest BCUT2D eigenvalue weighted by Crippen LogP contribution is 2.30. The topological polar surface area (TPSA) is 82.2 Å². The molecule has 1 aliphatic carbocycles. The maximum Gasteiger partial charge on any atom is 0.254 e. The van der Waals surface area contributed by atoms with Crippen molar-refractivity contribution < 1.29 is 4.79 Å². The number of H-pyrrole nitrogens is 1. The molecule has 0 aromatic carbocycles. The summed E-state index contributed by atoms with van der Waals surface area (Å²) in [4.78, 5) is 41.9. The van der Waals surface area contributed by atoms with Crippen LogP contribution in [0, 0.1) is 5.92 Å². The van der Waals surface area contributed by atoms with Crippen LogP contribution >= 0.6 is 0 Å². The third kappa shape index (κ3) is 4.77. The lowest BCUT2D eigenvalue weighted by molar-refractivity contribution is -0.130. The van der Waals surface area contributed by atoms with Crippen molar-refractivity contribution in [3.63, 3.8) is 0 Å². The number of amides is 1. The third-order valence-corrected chi connectivity index (χ3v) is 7.47. The van der Waals surface area contributed by atoms with Gasteiger partial charge in [0.25, 0.3) is 5.56 Å². The minimum absolute atomic E-state index is 0.00274. The Hall–Kier alpha value is -2.54. The summed E-state index contributed by atoms with van der Waals surface area (Å²) in [6, 6.07) is 4.03. The van der Waals surface area contributed by atoms with Crippen LogP contribution in [0.15, 0.2) is 29.3 Å². The number of nitrogens with one attached hydrogen (secondary N) is 1. The minimum Gasteiger partial charge on any atom is -0.342 e. The summed E-state index contributed by atoms with van der Waals surface area (Å²) >= 11 is 0. The van der Waals surface area contributed by atoms with Crippen LogP contribution in [0.5, 0.6) is 0 Å². The fourth-order valence-electron chi connectivity index (χ4n) is 5.59. The second-order valence-corrected chi connectivity index (χ2v) is 9.71. The van der Waals surface area contributed by atoms with Gasteiger partial charge in [-0.1, -0.05) is 31.7 Å². The highest BCUT2D eigenvalue weighted by atomic mass is 16.2. The molecule has 0 spiro atoms. The van der Waals surface area contributed by atoms with E-state index >= 15 is 0 Å². The van der Waals surface area contributed by atoms with E-state index in [1.54, 1.807) is 6.20 Å². The van der Waals surface area contributed by atoms with Gasteiger partial charge in [0, 0.05) is 63.0 Å². The molecule has 0 bridgehead atoms. The number of nitrogens with zero attached hydrogens (tertiary/aromatic N) is 4. The van der Waals surface area contributed by atoms with Gasteiger partial charge in [0.1, 0.15) is 5.82 Å². The molecular weight excluding hydrogens is 402 g/mol. The van der Waals surface area contributed by atoms with Gasteiger partial charge in [-0.15, -0.1) is 0 Å². The zero-order chi connectivity index (χ0) is 21.9. The van der Waals surface area contributed by atoms with Crippen LogP contribution in [0.3, 0.4) is 0 Å². The summed E-state index contributed by atoms with van der Waals surface area (Å²) in [6.07, 6.45) is 12.2. The molecule has 1 N–H and O–H groups in total. The molecule has 3 aliphatic rings. The molecule has 7 heteroatoms. The second kappa shape index (κ2) is 9.53. The molecule has 5 rings (SSSR count). The molecule has 2 fully saturated rings. The summed E-state index contributed by atoms with van der Waals surface area (Å²) in [5.74, 6) is 1.88. The number of hydrogen-bond donors (Lipinski definition) is 1. The number of carbonyl (C=O) groups is 1. The van der Waals surface area contributed by atoms with Crippen molar-refractivity contribution in [2.45, 2.75) is 70.4 Å². The van der Waals surface area contributed by atoms with Crippen molar-refractivity contribution in [3.8, 4) is 0 Å². The van der Waals surface area contributed by atoms with E-state index in [1.165, 1.54) is 31.2 Å².